The normalized spacial score (nSPS) is 10.9. The molecule has 0 radical (unpaired) electrons. The third-order valence-electron chi connectivity index (χ3n) is 3.45. The molecular weight excluding hydrogens is 316 g/mol. The van der Waals surface area contributed by atoms with Crippen molar-refractivity contribution in [2.24, 2.45) is 0 Å². The minimum absolute atomic E-state index is 0.0497. The van der Waals surface area contributed by atoms with Gasteiger partial charge in [-0.3, -0.25) is 4.79 Å². The summed E-state index contributed by atoms with van der Waals surface area (Å²) in [6.45, 7) is 2.21. The molecule has 0 fully saturated rings. The summed E-state index contributed by atoms with van der Waals surface area (Å²) in [7, 11) is 1.33. The summed E-state index contributed by atoms with van der Waals surface area (Å²) in [5, 5.41) is 5.63. The van der Waals surface area contributed by atoms with Crippen LogP contribution in [-0.2, 0) is 22.6 Å². The van der Waals surface area contributed by atoms with Gasteiger partial charge >= 0.3 is 5.97 Å². The monoisotopic (exact) mass is 332 g/mol. The standard InChI is InChI=1S/C16H16N2O4S/c1-10-3-4-12(22-10)8-17-14(19)9-18-13(16(20)21-2)7-11-5-6-23-15(11)18/h3-7H,8-9H2,1-2H3,(H,17,19). The molecule has 6 nitrogen and oxygen atoms in total. The van der Waals surface area contributed by atoms with Crippen LogP contribution in [-0.4, -0.2) is 23.6 Å². The third-order valence-corrected chi connectivity index (χ3v) is 4.41. The lowest BCUT2D eigenvalue weighted by Gasteiger charge is -2.09. The van der Waals surface area contributed by atoms with Gasteiger partial charge in [0.15, 0.2) is 0 Å². The number of nitrogens with zero attached hydrogens (tertiary/aromatic N) is 1. The summed E-state index contributed by atoms with van der Waals surface area (Å²) < 4.78 is 11.9. The van der Waals surface area contributed by atoms with Crippen molar-refractivity contribution in [2.75, 3.05) is 7.11 Å². The van der Waals surface area contributed by atoms with E-state index in [4.69, 9.17) is 9.15 Å². The van der Waals surface area contributed by atoms with E-state index in [2.05, 4.69) is 5.32 Å². The van der Waals surface area contributed by atoms with Crippen molar-refractivity contribution >= 4 is 33.4 Å². The predicted molar refractivity (Wildman–Crippen MR) is 86.4 cm³/mol. The maximum absolute atomic E-state index is 12.2. The van der Waals surface area contributed by atoms with Crippen LogP contribution in [0.25, 0.3) is 10.2 Å². The molecule has 7 heteroatoms. The van der Waals surface area contributed by atoms with Gasteiger partial charge in [0.1, 0.15) is 28.6 Å². The molecule has 0 spiro atoms. The van der Waals surface area contributed by atoms with E-state index in [0.29, 0.717) is 18.0 Å². The number of aryl methyl sites for hydroxylation is 1. The Morgan fingerprint density at radius 1 is 1.35 bits per heavy atom. The number of thiophene rings is 1. The fourth-order valence-electron chi connectivity index (χ4n) is 2.37. The topological polar surface area (TPSA) is 73.5 Å². The number of aromatic nitrogens is 1. The molecule has 1 N–H and O–H groups in total. The van der Waals surface area contributed by atoms with Gasteiger partial charge in [-0.1, -0.05) is 0 Å². The van der Waals surface area contributed by atoms with E-state index in [1.165, 1.54) is 18.4 Å². The maximum atomic E-state index is 12.2. The number of amides is 1. The average Bonchev–Trinajstić information content (AvgIpc) is 3.22. The summed E-state index contributed by atoms with van der Waals surface area (Å²) in [5.41, 5.74) is 0.373. The number of fused-ring (bicyclic) bond motifs is 1. The number of methoxy groups -OCH3 is 1. The number of nitrogens with one attached hydrogen (secondary N) is 1. The quantitative estimate of drug-likeness (QED) is 0.729. The second-order valence-corrected chi connectivity index (χ2v) is 5.97. The molecule has 0 aromatic carbocycles. The van der Waals surface area contributed by atoms with Gasteiger partial charge in [-0.25, -0.2) is 4.79 Å². The highest BCUT2D eigenvalue weighted by molar-refractivity contribution is 7.16. The first-order chi connectivity index (χ1) is 11.1. The molecule has 0 saturated heterocycles. The Morgan fingerprint density at radius 3 is 2.87 bits per heavy atom. The van der Waals surface area contributed by atoms with Crippen LogP contribution >= 0.6 is 11.3 Å². The first kappa shape index (κ1) is 15.4. The van der Waals surface area contributed by atoms with E-state index < -0.39 is 5.97 Å². The van der Waals surface area contributed by atoms with E-state index >= 15 is 0 Å². The number of hydrogen-bond acceptors (Lipinski definition) is 5. The van der Waals surface area contributed by atoms with Crippen LogP contribution in [0.2, 0.25) is 0 Å². The second-order valence-electron chi connectivity index (χ2n) is 5.08. The van der Waals surface area contributed by atoms with Crippen molar-refractivity contribution in [1.82, 2.24) is 9.88 Å². The van der Waals surface area contributed by atoms with E-state index in [9.17, 15) is 9.59 Å². The highest BCUT2D eigenvalue weighted by atomic mass is 32.1. The average molecular weight is 332 g/mol. The fourth-order valence-corrected chi connectivity index (χ4v) is 3.27. The molecule has 0 aliphatic heterocycles. The van der Waals surface area contributed by atoms with Crippen molar-refractivity contribution in [3.8, 4) is 0 Å². The van der Waals surface area contributed by atoms with Crippen LogP contribution in [0, 0.1) is 6.92 Å². The van der Waals surface area contributed by atoms with Crippen molar-refractivity contribution in [1.29, 1.82) is 0 Å². The van der Waals surface area contributed by atoms with Gasteiger partial charge in [-0.2, -0.15) is 0 Å². The molecule has 120 valence electrons. The van der Waals surface area contributed by atoms with E-state index in [1.54, 1.807) is 10.6 Å². The lowest BCUT2D eigenvalue weighted by atomic mass is 10.3. The predicted octanol–water partition coefficient (Wildman–Crippen LogP) is 2.71. The Morgan fingerprint density at radius 2 is 2.17 bits per heavy atom. The Labute approximate surface area is 136 Å². The molecule has 1 amide bonds. The van der Waals surface area contributed by atoms with Crippen LogP contribution in [0.3, 0.4) is 0 Å². The molecule has 0 aliphatic carbocycles. The van der Waals surface area contributed by atoms with E-state index in [-0.39, 0.29) is 12.5 Å². The van der Waals surface area contributed by atoms with Gasteiger partial charge < -0.3 is 19.0 Å². The largest absolute Gasteiger partial charge is 0.465 e. The molecule has 3 rings (SSSR count). The zero-order valence-electron chi connectivity index (χ0n) is 12.8. The SMILES string of the molecule is COC(=O)c1cc2ccsc2n1CC(=O)NCc1ccc(C)o1. The maximum Gasteiger partial charge on any atom is 0.354 e. The second kappa shape index (κ2) is 6.29. The Bertz CT molecular complexity index is 859. The van der Waals surface area contributed by atoms with Gasteiger partial charge in [0.25, 0.3) is 0 Å². The van der Waals surface area contributed by atoms with Crippen LogP contribution in [0.5, 0.6) is 0 Å². The van der Waals surface area contributed by atoms with Crippen molar-refractivity contribution in [3.63, 3.8) is 0 Å². The number of carbonyl (C=O) groups excluding carboxylic acids is 2. The summed E-state index contributed by atoms with van der Waals surface area (Å²) >= 11 is 1.48. The van der Waals surface area contributed by atoms with Gasteiger partial charge in [0.05, 0.1) is 13.7 Å². The molecule has 23 heavy (non-hydrogen) atoms. The van der Waals surface area contributed by atoms with Crippen molar-refractivity contribution < 1.29 is 18.7 Å². The number of ether oxygens (including phenoxy) is 1. The van der Waals surface area contributed by atoms with Gasteiger partial charge in [0, 0.05) is 5.39 Å². The zero-order valence-corrected chi connectivity index (χ0v) is 13.6. The zero-order chi connectivity index (χ0) is 16.4. The molecule has 0 aliphatic rings. The molecule has 0 bridgehead atoms. The number of rotatable bonds is 5. The van der Waals surface area contributed by atoms with Gasteiger partial charge in [-0.15, -0.1) is 11.3 Å². The van der Waals surface area contributed by atoms with Crippen LogP contribution in [0.1, 0.15) is 22.0 Å². The van der Waals surface area contributed by atoms with Crippen molar-refractivity contribution in [3.05, 3.63) is 46.9 Å². The minimum Gasteiger partial charge on any atom is -0.465 e. The Balaban J connectivity index is 1.75. The third kappa shape index (κ3) is 3.14. The molecule has 0 atom stereocenters. The number of hydrogen-bond donors (Lipinski definition) is 1. The van der Waals surface area contributed by atoms with Crippen molar-refractivity contribution in [2.45, 2.75) is 20.0 Å². The molecule has 3 aromatic rings. The fraction of sp³-hybridized carbons (Fsp3) is 0.250. The highest BCUT2D eigenvalue weighted by Gasteiger charge is 2.18. The lowest BCUT2D eigenvalue weighted by Crippen LogP contribution is -2.28. The molecule has 0 unspecified atom stereocenters. The minimum atomic E-state index is -0.456. The van der Waals surface area contributed by atoms with Gasteiger partial charge in [0.2, 0.25) is 5.91 Å². The van der Waals surface area contributed by atoms with Crippen LogP contribution in [0.4, 0.5) is 0 Å². The summed E-state index contributed by atoms with van der Waals surface area (Å²) in [6.07, 6.45) is 0. The molecule has 0 saturated carbocycles. The molecular formula is C16H16N2O4S. The number of carbonyl (C=O) groups is 2. The Kier molecular flexibility index (Phi) is 4.20. The van der Waals surface area contributed by atoms with Crippen LogP contribution < -0.4 is 5.32 Å². The molecule has 3 aromatic heterocycles. The number of esters is 1. The van der Waals surface area contributed by atoms with Crippen LogP contribution in [0.15, 0.2) is 34.1 Å². The summed E-state index contributed by atoms with van der Waals surface area (Å²) in [6, 6.07) is 7.31. The smallest absolute Gasteiger partial charge is 0.354 e. The number of furan rings is 1. The summed E-state index contributed by atoms with van der Waals surface area (Å²) in [4.78, 5) is 24.9. The van der Waals surface area contributed by atoms with E-state index in [0.717, 1.165) is 16.0 Å². The molecule has 3 heterocycles. The first-order valence-corrected chi connectivity index (χ1v) is 7.93. The van der Waals surface area contributed by atoms with Gasteiger partial charge in [-0.05, 0) is 36.6 Å². The Hall–Kier alpha value is -2.54. The highest BCUT2D eigenvalue weighted by Crippen LogP contribution is 2.25. The van der Waals surface area contributed by atoms with E-state index in [1.807, 2.05) is 30.5 Å². The summed E-state index contributed by atoms with van der Waals surface area (Å²) in [5.74, 6) is 0.837. The lowest BCUT2D eigenvalue weighted by molar-refractivity contribution is -0.121. The first-order valence-electron chi connectivity index (χ1n) is 7.05.